The van der Waals surface area contributed by atoms with Crippen LogP contribution in [0.4, 0.5) is 0 Å². The Morgan fingerprint density at radius 1 is 1.47 bits per heavy atom. The van der Waals surface area contributed by atoms with Crippen molar-refractivity contribution >= 4 is 23.4 Å². The Kier molecular flexibility index (Phi) is 8.24. The van der Waals surface area contributed by atoms with E-state index in [1.54, 1.807) is 18.0 Å². The van der Waals surface area contributed by atoms with E-state index in [4.69, 9.17) is 11.6 Å². The molecule has 0 aliphatic rings. The smallest absolute Gasteiger partial charge is 0.115 e. The van der Waals surface area contributed by atoms with E-state index in [-0.39, 0.29) is 12.4 Å². The van der Waals surface area contributed by atoms with Gasteiger partial charge in [0, 0.05) is 18.4 Å². The molecule has 2 nitrogen and oxygen atoms in total. The van der Waals surface area contributed by atoms with Crippen molar-refractivity contribution in [3.05, 3.63) is 23.4 Å². The molecular formula is C10H16Cl2N2S. The highest BCUT2D eigenvalue weighted by Gasteiger charge is 2.01. The van der Waals surface area contributed by atoms with Crippen LogP contribution >= 0.6 is 23.4 Å². The number of quaternary nitrogens is 1. The lowest BCUT2D eigenvalue weighted by atomic mass is 10.5. The number of nitrogens with zero attached hydrogens (tertiary/aromatic N) is 1. The Morgan fingerprint density at radius 2 is 2.20 bits per heavy atom. The van der Waals surface area contributed by atoms with E-state index in [1.165, 1.54) is 17.9 Å². The molecule has 1 aromatic heterocycles. The van der Waals surface area contributed by atoms with Gasteiger partial charge in [-0.15, -0.1) is 11.8 Å². The summed E-state index contributed by atoms with van der Waals surface area (Å²) in [5.41, 5.74) is 0. The number of nitrogens with one attached hydrogen (secondary N) is 1. The third-order valence-corrected chi connectivity index (χ3v) is 3.29. The lowest BCUT2D eigenvalue weighted by Gasteiger charge is -2.06. The van der Waals surface area contributed by atoms with Crippen LogP contribution in [0.3, 0.4) is 0 Å². The fraction of sp³-hybridized carbons (Fsp3) is 0.500. The molecule has 5 heteroatoms. The minimum Gasteiger partial charge on any atom is -1.00 e. The summed E-state index contributed by atoms with van der Waals surface area (Å²) in [5.74, 6) is 1.09. The molecule has 0 spiro atoms. The molecule has 86 valence electrons. The van der Waals surface area contributed by atoms with Gasteiger partial charge in [0.1, 0.15) is 5.03 Å². The van der Waals surface area contributed by atoms with Crippen molar-refractivity contribution < 1.29 is 17.3 Å². The van der Waals surface area contributed by atoms with E-state index in [0.29, 0.717) is 0 Å². The van der Waals surface area contributed by atoms with Crippen LogP contribution in [0.2, 0.25) is 5.02 Å². The number of hydrogen-bond acceptors (Lipinski definition) is 2. The minimum absolute atomic E-state index is 0. The predicted molar refractivity (Wildman–Crippen MR) is 62.3 cm³/mol. The first-order chi connectivity index (χ1) is 6.70. The molecule has 1 heterocycles. The van der Waals surface area contributed by atoms with Crippen LogP contribution in [-0.4, -0.2) is 31.4 Å². The van der Waals surface area contributed by atoms with E-state index in [0.717, 1.165) is 15.8 Å². The first-order valence-electron chi connectivity index (χ1n) is 4.72. The van der Waals surface area contributed by atoms with Crippen molar-refractivity contribution in [3.63, 3.8) is 0 Å². The largest absolute Gasteiger partial charge is 1.00 e. The Morgan fingerprint density at radius 3 is 2.80 bits per heavy atom. The van der Waals surface area contributed by atoms with Crippen molar-refractivity contribution in [3.8, 4) is 0 Å². The van der Waals surface area contributed by atoms with Crippen LogP contribution in [0.25, 0.3) is 0 Å². The Bertz CT molecular complexity index is 282. The molecular weight excluding hydrogens is 251 g/mol. The summed E-state index contributed by atoms with van der Waals surface area (Å²) in [6, 6.07) is 3.74. The molecule has 1 N–H and O–H groups in total. The fourth-order valence-electron chi connectivity index (χ4n) is 1.07. The van der Waals surface area contributed by atoms with E-state index in [1.807, 2.05) is 12.1 Å². The molecule has 1 aromatic rings. The highest BCUT2D eigenvalue weighted by molar-refractivity contribution is 7.99. The lowest BCUT2D eigenvalue weighted by molar-refractivity contribution is -0.858. The maximum absolute atomic E-state index is 5.98. The summed E-state index contributed by atoms with van der Waals surface area (Å²) in [4.78, 5) is 5.70. The molecule has 0 aliphatic carbocycles. The molecule has 15 heavy (non-hydrogen) atoms. The normalized spacial score (nSPS) is 10.1. The molecule has 0 saturated heterocycles. The molecule has 0 fully saturated rings. The van der Waals surface area contributed by atoms with Gasteiger partial charge in [0.05, 0.1) is 25.7 Å². The molecule has 0 unspecified atom stereocenters. The number of thioether (sulfide) groups is 1. The van der Waals surface area contributed by atoms with Gasteiger partial charge < -0.3 is 17.3 Å². The molecule has 0 aromatic carbocycles. The standard InChI is InChI=1S/C10H15ClN2S.ClH/c1-13(2)7-4-8-14-10-9(11)5-3-6-12-10;/h3,5-6H,4,7-8H2,1-2H3;1H. The summed E-state index contributed by atoms with van der Waals surface area (Å²) < 4.78 is 0. The Balaban J connectivity index is 0.00000196. The zero-order valence-electron chi connectivity index (χ0n) is 8.96. The van der Waals surface area contributed by atoms with Crippen molar-refractivity contribution in [1.29, 1.82) is 0 Å². The minimum atomic E-state index is 0. The lowest BCUT2D eigenvalue weighted by Crippen LogP contribution is -3.05. The molecule has 0 atom stereocenters. The zero-order valence-corrected chi connectivity index (χ0v) is 11.3. The number of rotatable bonds is 5. The topological polar surface area (TPSA) is 17.3 Å². The maximum atomic E-state index is 5.98. The van der Waals surface area contributed by atoms with Gasteiger partial charge in [-0.3, -0.25) is 0 Å². The van der Waals surface area contributed by atoms with E-state index >= 15 is 0 Å². The summed E-state index contributed by atoms with van der Waals surface area (Å²) in [7, 11) is 4.33. The van der Waals surface area contributed by atoms with Crippen LogP contribution < -0.4 is 17.3 Å². The quantitative estimate of drug-likeness (QED) is 0.509. The first kappa shape index (κ1) is 15.0. The van der Waals surface area contributed by atoms with E-state index < -0.39 is 0 Å². The summed E-state index contributed by atoms with van der Waals surface area (Å²) >= 11 is 7.71. The summed E-state index contributed by atoms with van der Waals surface area (Å²) in [5, 5.41) is 1.71. The van der Waals surface area contributed by atoms with Crippen molar-refractivity contribution in [1.82, 2.24) is 4.98 Å². The zero-order chi connectivity index (χ0) is 10.4. The average molecular weight is 267 g/mol. The van der Waals surface area contributed by atoms with Gasteiger partial charge in [-0.1, -0.05) is 11.6 Å². The van der Waals surface area contributed by atoms with Gasteiger partial charge in [-0.25, -0.2) is 4.98 Å². The van der Waals surface area contributed by atoms with Crippen LogP contribution in [0.15, 0.2) is 23.4 Å². The highest BCUT2D eigenvalue weighted by Crippen LogP contribution is 2.23. The van der Waals surface area contributed by atoms with Crippen LogP contribution in [0.5, 0.6) is 0 Å². The number of aromatic nitrogens is 1. The van der Waals surface area contributed by atoms with Crippen molar-refractivity contribution in [2.75, 3.05) is 26.4 Å². The van der Waals surface area contributed by atoms with Crippen LogP contribution in [0.1, 0.15) is 6.42 Å². The second-order valence-corrected chi connectivity index (χ2v) is 4.94. The second kappa shape index (κ2) is 8.22. The summed E-state index contributed by atoms with van der Waals surface area (Å²) in [6.45, 7) is 1.19. The van der Waals surface area contributed by atoms with Gasteiger partial charge in [-0.2, -0.15) is 0 Å². The Hall–Kier alpha value is 0.0400. The van der Waals surface area contributed by atoms with Gasteiger partial charge in [-0.05, 0) is 12.1 Å². The fourth-order valence-corrected chi connectivity index (χ4v) is 2.18. The van der Waals surface area contributed by atoms with Crippen LogP contribution in [0, 0.1) is 0 Å². The molecule has 0 saturated carbocycles. The van der Waals surface area contributed by atoms with Crippen LogP contribution in [-0.2, 0) is 0 Å². The molecule has 0 bridgehead atoms. The highest BCUT2D eigenvalue weighted by atomic mass is 35.5. The number of halogens is 2. The number of pyridine rings is 1. The van der Waals surface area contributed by atoms with Gasteiger partial charge in [0.2, 0.25) is 0 Å². The van der Waals surface area contributed by atoms with Crippen molar-refractivity contribution in [2.24, 2.45) is 0 Å². The SMILES string of the molecule is C[NH+](C)CCCSc1ncccc1Cl.[Cl-]. The second-order valence-electron chi connectivity index (χ2n) is 3.45. The third kappa shape index (κ3) is 6.25. The monoisotopic (exact) mass is 266 g/mol. The predicted octanol–water partition coefficient (Wildman–Crippen LogP) is -1.63. The molecule has 0 radical (unpaired) electrons. The van der Waals surface area contributed by atoms with Gasteiger partial charge in [0.15, 0.2) is 0 Å². The Labute approximate surface area is 107 Å². The van der Waals surface area contributed by atoms with E-state index in [9.17, 15) is 0 Å². The van der Waals surface area contributed by atoms with Crippen molar-refractivity contribution in [2.45, 2.75) is 11.4 Å². The maximum Gasteiger partial charge on any atom is 0.115 e. The third-order valence-electron chi connectivity index (χ3n) is 1.78. The summed E-state index contributed by atoms with van der Waals surface area (Å²) in [6.07, 6.45) is 2.98. The number of hydrogen-bond donors (Lipinski definition) is 1. The molecule has 0 aliphatic heterocycles. The molecule has 0 amide bonds. The van der Waals surface area contributed by atoms with E-state index in [2.05, 4.69) is 19.1 Å². The van der Waals surface area contributed by atoms with Gasteiger partial charge >= 0.3 is 0 Å². The first-order valence-corrected chi connectivity index (χ1v) is 6.09. The average Bonchev–Trinajstić information content (AvgIpc) is 2.15. The molecule has 1 rings (SSSR count). The van der Waals surface area contributed by atoms with Gasteiger partial charge in [0.25, 0.3) is 0 Å².